The van der Waals surface area contributed by atoms with Crippen molar-refractivity contribution in [3.8, 4) is 0 Å². The molecular formula is C24H32FeN2O6+2. The van der Waals surface area contributed by atoms with E-state index in [0.29, 0.717) is 11.8 Å². The molecule has 2 N–H and O–H groups in total. The topological polar surface area (TPSA) is 111 Å². The summed E-state index contributed by atoms with van der Waals surface area (Å²) in [4.78, 5) is 46.3. The van der Waals surface area contributed by atoms with Gasteiger partial charge in [-0.25, -0.2) is 9.59 Å². The zero-order chi connectivity index (χ0) is 24.3. The molecule has 2 atom stereocenters. The molecule has 33 heavy (non-hydrogen) atoms. The van der Waals surface area contributed by atoms with Gasteiger partial charge in [0.2, 0.25) is 11.8 Å². The second kappa shape index (κ2) is 16.1. The molecule has 2 saturated carbocycles. The summed E-state index contributed by atoms with van der Waals surface area (Å²) >= 11 is 0. The monoisotopic (exact) mass is 500 g/mol. The molecule has 180 valence electrons. The standard InChI is InChI=1S/2C12H16NO3.Fe/c2*1-8(2)10(12(15)16-3)13-11(14)9-6-4-5-7-9;/h2*4-8,10H,1-3H3,(H,13,14);/q;;+2/t2*10-;/m00./s1. The van der Waals surface area contributed by atoms with Gasteiger partial charge in [-0.05, 0) is 63.2 Å². The first-order chi connectivity index (χ1) is 15.1. The van der Waals surface area contributed by atoms with E-state index in [4.69, 9.17) is 0 Å². The van der Waals surface area contributed by atoms with E-state index in [1.807, 2.05) is 27.7 Å². The predicted molar refractivity (Wildman–Crippen MR) is 118 cm³/mol. The Bertz CT molecular complexity index is 574. The van der Waals surface area contributed by atoms with Gasteiger partial charge in [-0.1, -0.05) is 27.7 Å². The molecule has 0 saturated heterocycles. The Balaban J connectivity index is 0.000000602. The summed E-state index contributed by atoms with van der Waals surface area (Å²) in [7, 11) is 2.62. The maximum absolute atomic E-state index is 11.7. The van der Waals surface area contributed by atoms with Crippen LogP contribution >= 0.6 is 0 Å². The molecule has 0 heterocycles. The second-order valence-electron chi connectivity index (χ2n) is 7.78. The summed E-state index contributed by atoms with van der Waals surface area (Å²) in [6, 6.07) is -1.21. The summed E-state index contributed by atoms with van der Waals surface area (Å²) in [5.41, 5.74) is 0. The Kier molecular flexibility index (Phi) is 15.3. The molecule has 0 aromatic rings. The van der Waals surface area contributed by atoms with E-state index in [-0.39, 0.29) is 40.7 Å². The first kappa shape index (κ1) is 31.4. The molecular weight excluding hydrogens is 468 g/mol. The number of amides is 2. The van der Waals surface area contributed by atoms with Crippen LogP contribution in [0.5, 0.6) is 0 Å². The van der Waals surface area contributed by atoms with E-state index in [2.05, 4.69) is 20.1 Å². The molecule has 9 heteroatoms. The molecule has 0 aliphatic heterocycles. The van der Waals surface area contributed by atoms with Crippen LogP contribution in [0.2, 0.25) is 0 Å². The first-order valence-electron chi connectivity index (χ1n) is 10.3. The van der Waals surface area contributed by atoms with Crippen LogP contribution in [0.3, 0.4) is 0 Å². The van der Waals surface area contributed by atoms with Crippen molar-refractivity contribution >= 4 is 23.8 Å². The van der Waals surface area contributed by atoms with E-state index >= 15 is 0 Å². The normalized spacial score (nSPS) is 17.9. The smallest absolute Gasteiger partial charge is 0.467 e. The van der Waals surface area contributed by atoms with Crippen molar-refractivity contribution in [2.45, 2.75) is 39.8 Å². The van der Waals surface area contributed by atoms with Crippen LogP contribution in [0, 0.1) is 75.0 Å². The van der Waals surface area contributed by atoms with Gasteiger partial charge in [0.1, 0.15) is 12.1 Å². The van der Waals surface area contributed by atoms with Crippen molar-refractivity contribution in [3.63, 3.8) is 0 Å². The third kappa shape index (κ3) is 10.5. The maximum atomic E-state index is 11.7. The van der Waals surface area contributed by atoms with Crippen LogP contribution in [-0.2, 0) is 45.7 Å². The largest absolute Gasteiger partial charge is 2.00 e. The van der Waals surface area contributed by atoms with Crippen molar-refractivity contribution < 1.29 is 45.7 Å². The Hall–Kier alpha value is -1.60. The summed E-state index contributed by atoms with van der Waals surface area (Å²) in [5.74, 6) is -0.269. The molecule has 0 unspecified atom stereocenters. The summed E-state index contributed by atoms with van der Waals surface area (Å²) in [6.45, 7) is 7.42. The van der Waals surface area contributed by atoms with Crippen molar-refractivity contribution in [2.24, 2.45) is 11.8 Å². The number of nitrogens with one attached hydrogen (secondary N) is 2. The number of methoxy groups -OCH3 is 2. The van der Waals surface area contributed by atoms with E-state index < -0.39 is 24.0 Å². The van der Waals surface area contributed by atoms with Gasteiger partial charge in [0.15, 0.2) is 0 Å². The van der Waals surface area contributed by atoms with Gasteiger partial charge >= 0.3 is 29.0 Å². The summed E-state index contributed by atoms with van der Waals surface area (Å²) < 4.78 is 9.28. The first-order valence-corrected chi connectivity index (χ1v) is 10.3. The summed E-state index contributed by atoms with van der Waals surface area (Å²) in [6.07, 6.45) is 13.9. The third-order valence-electron chi connectivity index (χ3n) is 4.67. The van der Waals surface area contributed by atoms with Crippen molar-refractivity contribution in [2.75, 3.05) is 14.2 Å². The van der Waals surface area contributed by atoms with Gasteiger partial charge in [0.25, 0.3) is 0 Å². The molecule has 0 aromatic carbocycles. The van der Waals surface area contributed by atoms with Gasteiger partial charge in [-0.3, -0.25) is 9.59 Å². The van der Waals surface area contributed by atoms with Crippen LogP contribution in [0.1, 0.15) is 27.7 Å². The van der Waals surface area contributed by atoms with Crippen LogP contribution in [-0.4, -0.2) is 50.1 Å². The zero-order valence-electron chi connectivity index (χ0n) is 19.7. The average Bonchev–Trinajstić information content (AvgIpc) is 3.48. The minimum Gasteiger partial charge on any atom is -0.467 e. The minimum atomic E-state index is -0.604. The Morgan fingerprint density at radius 1 is 0.636 bits per heavy atom. The molecule has 2 aliphatic carbocycles. The van der Waals surface area contributed by atoms with Gasteiger partial charge in [0, 0.05) is 0 Å². The number of ether oxygens (including phenoxy) is 2. The van der Waals surface area contributed by atoms with E-state index in [9.17, 15) is 19.2 Å². The predicted octanol–water partition coefficient (Wildman–Crippen LogP) is 1.41. The maximum Gasteiger partial charge on any atom is 2.00 e. The number of carbonyl (C=O) groups is 4. The fourth-order valence-corrected chi connectivity index (χ4v) is 2.75. The Labute approximate surface area is 209 Å². The van der Waals surface area contributed by atoms with Crippen molar-refractivity contribution in [1.82, 2.24) is 10.6 Å². The molecule has 2 aliphatic rings. The molecule has 0 spiro atoms. The summed E-state index contributed by atoms with van der Waals surface area (Å²) in [5, 5.41) is 5.31. The fraction of sp³-hybridized carbons (Fsp3) is 0.417. The van der Waals surface area contributed by atoms with E-state index in [1.165, 1.54) is 14.2 Å². The number of hydrogen-bond acceptors (Lipinski definition) is 6. The van der Waals surface area contributed by atoms with Crippen molar-refractivity contribution in [3.05, 3.63) is 63.2 Å². The van der Waals surface area contributed by atoms with E-state index in [0.717, 1.165) is 0 Å². The molecule has 2 fully saturated rings. The van der Waals surface area contributed by atoms with Crippen LogP contribution in [0.25, 0.3) is 0 Å². The molecule has 0 bridgehead atoms. The van der Waals surface area contributed by atoms with Gasteiger partial charge in [-0.2, -0.15) is 0 Å². The van der Waals surface area contributed by atoms with Gasteiger partial charge in [-0.15, -0.1) is 0 Å². The number of rotatable bonds is 8. The minimum absolute atomic E-state index is 0. The average molecular weight is 500 g/mol. The molecule has 8 nitrogen and oxygen atoms in total. The molecule has 2 amide bonds. The number of hydrogen-bond donors (Lipinski definition) is 2. The number of carbonyl (C=O) groups excluding carboxylic acids is 4. The van der Waals surface area contributed by atoms with Gasteiger partial charge in [0.05, 0.1) is 26.1 Å². The number of esters is 2. The second-order valence-corrected chi connectivity index (χ2v) is 7.78. The van der Waals surface area contributed by atoms with Crippen LogP contribution < -0.4 is 10.6 Å². The SMILES string of the molecule is COC(=O)[C@@H](NC(=O)[C]1[CH][CH][CH][CH]1)C(C)C.COC(=O)[C@@H](NC(=O)[C]1[CH][CH][CH][CH]1)C(C)C.[Fe+2]. The third-order valence-corrected chi connectivity index (χ3v) is 4.67. The van der Waals surface area contributed by atoms with E-state index in [1.54, 1.807) is 51.4 Å². The molecule has 0 aromatic heterocycles. The zero-order valence-corrected chi connectivity index (χ0v) is 20.8. The molecule has 2 rings (SSSR count). The Morgan fingerprint density at radius 2 is 0.909 bits per heavy atom. The Morgan fingerprint density at radius 3 is 1.12 bits per heavy atom. The fourth-order valence-electron chi connectivity index (χ4n) is 2.75. The van der Waals surface area contributed by atoms with Crippen LogP contribution in [0.15, 0.2) is 0 Å². The quantitative estimate of drug-likeness (QED) is 0.385. The van der Waals surface area contributed by atoms with Crippen LogP contribution in [0.4, 0.5) is 0 Å². The van der Waals surface area contributed by atoms with Gasteiger partial charge < -0.3 is 20.1 Å². The van der Waals surface area contributed by atoms with Crippen molar-refractivity contribution in [1.29, 1.82) is 0 Å². The molecule has 10 radical (unpaired) electrons.